The third-order valence-corrected chi connectivity index (χ3v) is 22.4. The maximum absolute atomic E-state index is 7.03. The van der Waals surface area contributed by atoms with Crippen molar-refractivity contribution in [2.75, 3.05) is 0 Å². The predicted octanol–water partition coefficient (Wildman–Crippen LogP) is 7.93. The van der Waals surface area contributed by atoms with Crippen LogP contribution in [0.25, 0.3) is 12.2 Å². The van der Waals surface area contributed by atoms with Crippen molar-refractivity contribution in [3.05, 3.63) is 82.9 Å². The van der Waals surface area contributed by atoms with Gasteiger partial charge in [-0.1, -0.05) is 0 Å². The van der Waals surface area contributed by atoms with Gasteiger partial charge in [-0.2, -0.15) is 0 Å². The molecule has 0 saturated carbocycles. The fourth-order valence-electron chi connectivity index (χ4n) is 5.48. The first-order valence-electron chi connectivity index (χ1n) is 10.9. The number of hydrogen-bond acceptors (Lipinski definition) is 1. The molecule has 0 N–H and O–H groups in total. The monoisotopic (exact) mass is 551 g/mol. The molecule has 0 bridgehead atoms. The summed E-state index contributed by atoms with van der Waals surface area (Å²) >= 11 is -3.16. The molecule has 0 aromatic heterocycles. The molecular weight excluding hydrogens is 519 g/mol. The molecular formula is C26H35Cl2OSiZr. The van der Waals surface area contributed by atoms with Crippen LogP contribution >= 0.6 is 24.8 Å². The van der Waals surface area contributed by atoms with Gasteiger partial charge in [0.1, 0.15) is 0 Å². The minimum atomic E-state index is -3.16. The van der Waals surface area contributed by atoms with Crippen LogP contribution in [-0.2, 0) is 24.2 Å². The summed E-state index contributed by atoms with van der Waals surface area (Å²) in [5.41, 5.74) is 5.85. The predicted molar refractivity (Wildman–Crippen MR) is 141 cm³/mol. The smallest absolute Gasteiger partial charge is 0.147 e. The standard InChI is InChI=1S/2C9H7.C6H15OSi.C2H4.2ClH.Zr/c2*1-2-5-9-7-3-6-8(9)4-1;1-5-6-7-8(2,3)4;1-2;;;/h2*1-7H;6H,5H2,1-4H3;1H,2H3;2*1H;. The minimum absolute atomic E-state index is 0. The van der Waals surface area contributed by atoms with Crippen molar-refractivity contribution in [1.82, 2.24) is 0 Å². The van der Waals surface area contributed by atoms with Gasteiger partial charge in [-0.3, -0.25) is 0 Å². The van der Waals surface area contributed by atoms with Crippen LogP contribution in [0.4, 0.5) is 0 Å². The maximum atomic E-state index is 7.03. The van der Waals surface area contributed by atoms with Crippen molar-refractivity contribution < 1.29 is 24.2 Å². The molecule has 0 saturated heterocycles. The molecule has 0 spiro atoms. The van der Waals surface area contributed by atoms with Crippen LogP contribution in [0.3, 0.4) is 0 Å². The summed E-state index contributed by atoms with van der Waals surface area (Å²) in [6.45, 7) is 11.7. The Labute approximate surface area is 205 Å². The second kappa shape index (κ2) is 10.6. The Bertz CT molecular complexity index is 957. The van der Waals surface area contributed by atoms with E-state index in [1.54, 1.807) is 0 Å². The summed E-state index contributed by atoms with van der Waals surface area (Å²) in [4.78, 5) is 0. The Morgan fingerprint density at radius 2 is 1.32 bits per heavy atom. The van der Waals surface area contributed by atoms with Crippen LogP contribution in [0.15, 0.2) is 60.7 Å². The van der Waals surface area contributed by atoms with Crippen LogP contribution in [-0.4, -0.2) is 15.8 Å². The van der Waals surface area contributed by atoms with Crippen molar-refractivity contribution >= 4 is 49.0 Å². The molecule has 3 unspecified atom stereocenters. The van der Waals surface area contributed by atoms with Gasteiger partial charge in [0, 0.05) is 0 Å². The number of halogens is 2. The van der Waals surface area contributed by atoms with Crippen LogP contribution in [0.2, 0.25) is 19.6 Å². The third kappa shape index (κ3) is 4.87. The van der Waals surface area contributed by atoms with Crippen molar-refractivity contribution in [3.63, 3.8) is 0 Å². The molecule has 3 atom stereocenters. The molecule has 2 aromatic rings. The zero-order valence-electron chi connectivity index (χ0n) is 19.2. The van der Waals surface area contributed by atoms with Crippen LogP contribution in [0.5, 0.6) is 0 Å². The number of rotatable bonds is 6. The summed E-state index contributed by atoms with van der Waals surface area (Å²) < 4.78 is 11.1. The molecule has 0 radical (unpaired) electrons. The summed E-state index contributed by atoms with van der Waals surface area (Å²) in [6.07, 6.45) is 10.9. The van der Waals surface area contributed by atoms with Crippen LogP contribution in [0.1, 0.15) is 49.8 Å². The minimum Gasteiger partial charge on any atom is -0.147 e. The molecule has 2 aromatic carbocycles. The van der Waals surface area contributed by atoms with Gasteiger partial charge in [-0.15, -0.1) is 24.8 Å². The average molecular weight is 554 g/mol. The van der Waals surface area contributed by atoms with E-state index in [2.05, 4.69) is 110 Å². The van der Waals surface area contributed by atoms with Crippen molar-refractivity contribution in [2.24, 2.45) is 0 Å². The molecule has 5 heteroatoms. The second-order valence-corrected chi connectivity index (χ2v) is 24.8. The second-order valence-electron chi connectivity index (χ2n) is 9.35. The Hall–Kier alpha value is -0.570. The summed E-state index contributed by atoms with van der Waals surface area (Å²) in [5, 5.41) is 0. The quantitative estimate of drug-likeness (QED) is 0.330. The van der Waals surface area contributed by atoms with Gasteiger partial charge in [0.15, 0.2) is 0 Å². The number of hydrogen-bond donors (Lipinski definition) is 0. The van der Waals surface area contributed by atoms with Gasteiger partial charge < -0.3 is 0 Å². The summed E-state index contributed by atoms with van der Waals surface area (Å²) in [7, 11) is -1.67. The fourth-order valence-corrected chi connectivity index (χ4v) is 24.2. The summed E-state index contributed by atoms with van der Waals surface area (Å²) in [5.74, 6) is 0. The van der Waals surface area contributed by atoms with Crippen molar-refractivity contribution in [1.29, 1.82) is 0 Å². The van der Waals surface area contributed by atoms with E-state index in [0.717, 1.165) is 6.42 Å². The van der Waals surface area contributed by atoms with E-state index in [-0.39, 0.29) is 24.8 Å². The largest absolute Gasteiger partial charge is 0.147 e. The molecule has 0 aliphatic heterocycles. The van der Waals surface area contributed by atoms with E-state index in [4.69, 9.17) is 4.43 Å². The first kappa shape index (κ1) is 26.7. The maximum Gasteiger partial charge on any atom is -0.147 e. The van der Waals surface area contributed by atoms with Gasteiger partial charge >= 0.3 is 182 Å². The van der Waals surface area contributed by atoms with E-state index in [1.165, 1.54) is 22.3 Å². The zero-order chi connectivity index (χ0) is 20.6. The van der Waals surface area contributed by atoms with E-state index in [0.29, 0.717) is 11.1 Å². The first-order chi connectivity index (χ1) is 13.9. The average Bonchev–Trinajstić information content (AvgIpc) is 3.33. The van der Waals surface area contributed by atoms with E-state index in [1.807, 2.05) is 0 Å². The molecule has 2 aliphatic carbocycles. The summed E-state index contributed by atoms with van der Waals surface area (Å²) in [6, 6.07) is 18.0. The van der Waals surface area contributed by atoms with Gasteiger partial charge in [-0.25, -0.2) is 0 Å². The van der Waals surface area contributed by atoms with E-state index >= 15 is 0 Å². The number of allylic oxidation sites excluding steroid dienone is 2. The molecule has 0 fully saturated rings. The molecule has 4 rings (SSSR count). The molecule has 31 heavy (non-hydrogen) atoms. The van der Waals surface area contributed by atoms with E-state index < -0.39 is 28.1 Å². The van der Waals surface area contributed by atoms with Crippen LogP contribution < -0.4 is 0 Å². The topological polar surface area (TPSA) is 9.23 Å². The molecule has 1 nitrogen and oxygen atoms in total. The zero-order valence-corrected chi connectivity index (χ0v) is 24.3. The first-order valence-corrected chi connectivity index (χ1v) is 20.0. The van der Waals surface area contributed by atoms with Crippen molar-refractivity contribution in [3.8, 4) is 0 Å². The third-order valence-electron chi connectivity index (χ3n) is 6.60. The number of fused-ring (bicyclic) bond motifs is 2. The normalized spacial score (nSPS) is 21.3. The van der Waals surface area contributed by atoms with Gasteiger partial charge in [-0.05, 0) is 0 Å². The van der Waals surface area contributed by atoms with Gasteiger partial charge in [0.25, 0.3) is 0 Å². The molecule has 0 amide bonds. The van der Waals surface area contributed by atoms with E-state index in [9.17, 15) is 0 Å². The number of benzene rings is 2. The van der Waals surface area contributed by atoms with Gasteiger partial charge in [0.2, 0.25) is 0 Å². The Morgan fingerprint density at radius 1 is 0.871 bits per heavy atom. The SMILES string of the molecule is C[CH]=[Zr]([CH](CC)O[Si](C)(C)C)([CH]1C=Cc2ccccc21)[CH]1C=Cc2ccccc21.Cl.Cl. The van der Waals surface area contributed by atoms with Gasteiger partial charge in [0.05, 0.1) is 0 Å². The Kier molecular flexibility index (Phi) is 9.10. The van der Waals surface area contributed by atoms with Crippen LogP contribution in [0, 0.1) is 0 Å². The molecule has 2 aliphatic rings. The Morgan fingerprint density at radius 3 is 1.71 bits per heavy atom. The Balaban J connectivity index is 0.00000171. The molecule has 167 valence electrons. The molecule has 0 heterocycles. The van der Waals surface area contributed by atoms with Crippen molar-refractivity contribution in [2.45, 2.75) is 51.0 Å². The fraction of sp³-hybridized carbons (Fsp3) is 0.346.